The third-order valence-corrected chi connectivity index (χ3v) is 7.81. The summed E-state index contributed by atoms with van der Waals surface area (Å²) in [5.74, 6) is -0.312. The Kier molecular flexibility index (Phi) is 5.20. The van der Waals surface area contributed by atoms with Gasteiger partial charge in [0.15, 0.2) is 0 Å². The summed E-state index contributed by atoms with van der Waals surface area (Å²) >= 11 is 0. The molecular formula is C27H27FN4O3. The average molecular weight is 475 g/mol. The molecule has 1 aliphatic carbocycles. The van der Waals surface area contributed by atoms with E-state index in [4.69, 9.17) is 0 Å². The van der Waals surface area contributed by atoms with Gasteiger partial charge in [0.05, 0.1) is 16.6 Å². The molecule has 2 aromatic carbocycles. The number of carbonyl (C=O) groups is 2. The highest BCUT2D eigenvalue weighted by Crippen LogP contribution is 2.42. The number of aromatic amines is 1. The van der Waals surface area contributed by atoms with E-state index in [1.807, 2.05) is 17.0 Å². The Balaban J connectivity index is 1.15. The van der Waals surface area contributed by atoms with Crippen molar-refractivity contribution in [2.24, 2.45) is 11.3 Å². The number of fused-ring (bicyclic) bond motifs is 1. The molecule has 1 saturated carbocycles. The number of nitrogens with zero attached hydrogens (tertiary/aromatic N) is 3. The monoisotopic (exact) mass is 474 g/mol. The van der Waals surface area contributed by atoms with Crippen LogP contribution in [0.5, 0.6) is 0 Å². The summed E-state index contributed by atoms with van der Waals surface area (Å²) in [4.78, 5) is 41.2. The zero-order valence-electron chi connectivity index (χ0n) is 19.4. The number of likely N-dealkylation sites (tertiary alicyclic amines) is 2. The van der Waals surface area contributed by atoms with Gasteiger partial charge >= 0.3 is 0 Å². The molecule has 3 aromatic rings. The van der Waals surface area contributed by atoms with Crippen molar-refractivity contribution in [3.8, 4) is 0 Å². The Morgan fingerprint density at radius 2 is 1.74 bits per heavy atom. The maximum atomic E-state index is 14.7. The zero-order valence-corrected chi connectivity index (χ0v) is 19.4. The van der Waals surface area contributed by atoms with Crippen molar-refractivity contribution in [3.63, 3.8) is 0 Å². The minimum absolute atomic E-state index is 0.0445. The number of hydrogen-bond acceptors (Lipinski definition) is 4. The summed E-state index contributed by atoms with van der Waals surface area (Å²) in [6, 6.07) is 11.8. The molecule has 0 bridgehead atoms. The molecule has 3 aliphatic rings. The molecule has 3 fully saturated rings. The molecule has 0 atom stereocenters. The lowest BCUT2D eigenvalue weighted by atomic mass is 9.71. The largest absolute Gasteiger partial charge is 0.342 e. The van der Waals surface area contributed by atoms with Crippen molar-refractivity contribution in [1.29, 1.82) is 0 Å². The summed E-state index contributed by atoms with van der Waals surface area (Å²) in [6.45, 7) is 2.71. The highest BCUT2D eigenvalue weighted by Gasteiger charge is 2.48. The molecule has 2 amide bonds. The van der Waals surface area contributed by atoms with Crippen molar-refractivity contribution in [2.45, 2.75) is 32.1 Å². The molecule has 7 nitrogen and oxygen atoms in total. The van der Waals surface area contributed by atoms with Gasteiger partial charge in [-0.25, -0.2) is 9.49 Å². The highest BCUT2D eigenvalue weighted by atomic mass is 19.1. The minimum atomic E-state index is -0.538. The first-order valence-corrected chi connectivity index (χ1v) is 12.3. The molecule has 1 N–H and O–H groups in total. The summed E-state index contributed by atoms with van der Waals surface area (Å²) in [6.07, 6.45) is 4.18. The van der Waals surface area contributed by atoms with Crippen LogP contribution >= 0.6 is 0 Å². The van der Waals surface area contributed by atoms with Crippen molar-refractivity contribution < 1.29 is 14.0 Å². The van der Waals surface area contributed by atoms with E-state index >= 15 is 0 Å². The fraction of sp³-hybridized carbons (Fsp3) is 0.407. The molecule has 1 aromatic heterocycles. The van der Waals surface area contributed by atoms with E-state index in [0.717, 1.165) is 49.7 Å². The van der Waals surface area contributed by atoms with E-state index in [2.05, 4.69) is 10.2 Å². The molecule has 8 heteroatoms. The lowest BCUT2D eigenvalue weighted by molar-refractivity contribution is -0.136. The third-order valence-electron chi connectivity index (χ3n) is 7.81. The Hall–Kier alpha value is -3.55. The van der Waals surface area contributed by atoms with Gasteiger partial charge < -0.3 is 9.80 Å². The number of nitrogens with one attached hydrogen (secondary N) is 1. The van der Waals surface area contributed by atoms with Crippen LogP contribution in [0.15, 0.2) is 47.3 Å². The first kappa shape index (κ1) is 21.9. The number of aromatic nitrogens is 2. The number of H-pyrrole nitrogens is 1. The van der Waals surface area contributed by atoms with Crippen LogP contribution in [-0.2, 0) is 11.2 Å². The number of hydrogen-bond donors (Lipinski definition) is 1. The predicted molar refractivity (Wildman–Crippen MR) is 128 cm³/mol. The van der Waals surface area contributed by atoms with Crippen LogP contribution in [0.3, 0.4) is 0 Å². The van der Waals surface area contributed by atoms with Crippen molar-refractivity contribution in [2.75, 3.05) is 26.2 Å². The Labute approximate surface area is 201 Å². The number of piperidine rings is 1. The zero-order chi connectivity index (χ0) is 24.2. The number of carbonyl (C=O) groups excluding carboxylic acids is 2. The maximum Gasteiger partial charge on any atom is 0.272 e. The smallest absolute Gasteiger partial charge is 0.272 e. The molecule has 35 heavy (non-hydrogen) atoms. The fourth-order valence-corrected chi connectivity index (χ4v) is 5.53. The van der Waals surface area contributed by atoms with Gasteiger partial charge in [0.2, 0.25) is 5.91 Å². The SMILES string of the molecule is O=C(c1cc(Cc2n[nH]c(=O)c3ccccc23)ccc1F)N1CC2(CCN(C(=O)C3CC3)CC2)C1. The van der Waals surface area contributed by atoms with Gasteiger partial charge in [0.25, 0.3) is 11.5 Å². The van der Waals surface area contributed by atoms with Crippen molar-refractivity contribution in [1.82, 2.24) is 20.0 Å². The summed E-state index contributed by atoms with van der Waals surface area (Å²) < 4.78 is 14.7. The number of halogens is 1. The van der Waals surface area contributed by atoms with Crippen LogP contribution in [0.4, 0.5) is 4.39 Å². The summed E-state index contributed by atoms with van der Waals surface area (Å²) in [7, 11) is 0. The molecule has 2 aliphatic heterocycles. The molecule has 0 radical (unpaired) electrons. The van der Waals surface area contributed by atoms with Gasteiger partial charge in [-0.3, -0.25) is 14.4 Å². The van der Waals surface area contributed by atoms with Crippen LogP contribution < -0.4 is 5.56 Å². The maximum absolute atomic E-state index is 14.7. The second-order valence-corrected chi connectivity index (χ2v) is 10.3. The predicted octanol–water partition coefficient (Wildman–Crippen LogP) is 3.13. The standard InChI is InChI=1S/C27H27FN4O3/c28-22-8-5-17(14-23-19-3-1-2-4-20(19)24(33)30-29-23)13-21(22)26(35)32-15-27(16-32)9-11-31(12-10-27)25(34)18-6-7-18/h1-5,8,13,18H,6-7,9-12,14-16H2,(H,30,33). The Morgan fingerprint density at radius 1 is 1.03 bits per heavy atom. The lowest BCUT2D eigenvalue weighted by Gasteiger charge is -2.54. The number of rotatable bonds is 4. The van der Waals surface area contributed by atoms with E-state index in [1.165, 1.54) is 6.07 Å². The number of benzene rings is 2. The normalized spacial score (nSPS) is 19.1. The second kappa shape index (κ2) is 8.29. The first-order chi connectivity index (χ1) is 16.9. The highest BCUT2D eigenvalue weighted by molar-refractivity contribution is 5.95. The van der Waals surface area contributed by atoms with Crippen LogP contribution in [0.1, 0.15) is 47.3 Å². The quantitative estimate of drug-likeness (QED) is 0.630. The van der Waals surface area contributed by atoms with E-state index in [-0.39, 0.29) is 34.3 Å². The lowest BCUT2D eigenvalue weighted by Crippen LogP contribution is -2.62. The molecule has 180 valence electrons. The van der Waals surface area contributed by atoms with Gasteiger partial charge in [-0.2, -0.15) is 5.10 Å². The summed E-state index contributed by atoms with van der Waals surface area (Å²) in [5.41, 5.74) is 1.27. The minimum Gasteiger partial charge on any atom is -0.342 e. The van der Waals surface area contributed by atoms with E-state index in [9.17, 15) is 18.8 Å². The van der Waals surface area contributed by atoms with Crippen LogP contribution in [0, 0.1) is 17.2 Å². The van der Waals surface area contributed by atoms with Gasteiger partial charge in [0.1, 0.15) is 5.82 Å². The molecular weight excluding hydrogens is 447 g/mol. The van der Waals surface area contributed by atoms with Crippen LogP contribution in [0.2, 0.25) is 0 Å². The topological polar surface area (TPSA) is 86.4 Å². The molecule has 0 unspecified atom stereocenters. The van der Waals surface area contributed by atoms with Gasteiger partial charge in [-0.1, -0.05) is 24.3 Å². The van der Waals surface area contributed by atoms with Crippen LogP contribution in [0.25, 0.3) is 10.8 Å². The third kappa shape index (κ3) is 4.00. The average Bonchev–Trinajstić information content (AvgIpc) is 3.70. The van der Waals surface area contributed by atoms with Crippen molar-refractivity contribution in [3.05, 3.63) is 75.5 Å². The molecule has 6 rings (SSSR count). The Bertz CT molecular complexity index is 1380. The first-order valence-electron chi connectivity index (χ1n) is 12.3. The van der Waals surface area contributed by atoms with Crippen molar-refractivity contribution >= 4 is 22.6 Å². The van der Waals surface area contributed by atoms with E-state index in [1.54, 1.807) is 29.2 Å². The van der Waals surface area contributed by atoms with E-state index < -0.39 is 5.82 Å². The van der Waals surface area contributed by atoms with Gasteiger partial charge in [-0.05, 0) is 49.4 Å². The van der Waals surface area contributed by atoms with Gasteiger partial charge in [0, 0.05) is 49.3 Å². The molecule has 1 spiro atoms. The molecule has 3 heterocycles. The van der Waals surface area contributed by atoms with E-state index in [0.29, 0.717) is 30.6 Å². The summed E-state index contributed by atoms with van der Waals surface area (Å²) in [5, 5.41) is 8.01. The molecule has 2 saturated heterocycles. The second-order valence-electron chi connectivity index (χ2n) is 10.3. The fourth-order valence-electron chi connectivity index (χ4n) is 5.53. The van der Waals surface area contributed by atoms with Crippen LogP contribution in [-0.4, -0.2) is 58.0 Å². The number of amides is 2. The van der Waals surface area contributed by atoms with Gasteiger partial charge in [-0.15, -0.1) is 0 Å². The Morgan fingerprint density at radius 3 is 2.46 bits per heavy atom.